The number of nitrogens with one attached hydrogen (secondary N) is 1. The molecular formula is C10H19FN5O2S+. The Labute approximate surface area is 112 Å². The number of likely N-dealkylation sites (tertiary alicyclic amines) is 1. The van der Waals surface area contributed by atoms with Crippen LogP contribution in [-0.2, 0) is 17.3 Å². The van der Waals surface area contributed by atoms with Crippen LogP contribution in [0.1, 0.15) is 12.8 Å². The molecule has 1 fully saturated rings. The van der Waals surface area contributed by atoms with E-state index in [9.17, 15) is 12.8 Å². The van der Waals surface area contributed by atoms with Gasteiger partial charge in [-0.15, -0.1) is 0 Å². The topological polar surface area (TPSA) is 85.7 Å². The first-order valence-electron chi connectivity index (χ1n) is 6.11. The third kappa shape index (κ3) is 2.88. The molecule has 9 heteroatoms. The van der Waals surface area contributed by atoms with Crippen molar-refractivity contribution in [3.8, 4) is 0 Å². The molecule has 1 aliphatic heterocycles. The van der Waals surface area contributed by atoms with Crippen LogP contribution in [0.2, 0.25) is 0 Å². The van der Waals surface area contributed by atoms with Gasteiger partial charge in [0.15, 0.2) is 0 Å². The molecule has 0 unspecified atom stereocenters. The monoisotopic (exact) mass is 292 g/mol. The third-order valence-corrected chi connectivity index (χ3v) is 4.54. The summed E-state index contributed by atoms with van der Waals surface area (Å²) in [6, 6.07) is -0.308. The molecule has 0 amide bonds. The highest BCUT2D eigenvalue weighted by atomic mass is 32.2. The van der Waals surface area contributed by atoms with E-state index in [2.05, 4.69) is 5.10 Å². The zero-order chi connectivity index (χ0) is 14.2. The summed E-state index contributed by atoms with van der Waals surface area (Å²) in [5.74, 6) is -0.694. The van der Waals surface area contributed by atoms with E-state index in [0.717, 1.165) is 22.1 Å². The summed E-state index contributed by atoms with van der Waals surface area (Å²) in [7, 11) is -0.554. The second-order valence-corrected chi connectivity index (χ2v) is 6.40. The van der Waals surface area contributed by atoms with Gasteiger partial charge in [-0.2, -0.15) is 17.9 Å². The van der Waals surface area contributed by atoms with Crippen LogP contribution < -0.4 is 14.3 Å². The van der Waals surface area contributed by atoms with Gasteiger partial charge in [0, 0.05) is 19.9 Å². The first-order chi connectivity index (χ1) is 8.80. The van der Waals surface area contributed by atoms with E-state index in [1.807, 2.05) is 7.05 Å². The lowest BCUT2D eigenvalue weighted by molar-refractivity contribution is -0.884. The fraction of sp³-hybridized carbons (Fsp3) is 0.700. The summed E-state index contributed by atoms with van der Waals surface area (Å²) < 4.78 is 39.4. The summed E-state index contributed by atoms with van der Waals surface area (Å²) in [6.45, 7) is 1.66. The van der Waals surface area contributed by atoms with Crippen molar-refractivity contribution in [1.29, 1.82) is 0 Å². The highest BCUT2D eigenvalue weighted by Gasteiger charge is 2.34. The number of anilines is 1. The number of quaternary nitrogens is 1. The normalized spacial score (nSPS) is 24.4. The molecule has 0 aromatic carbocycles. The molecule has 19 heavy (non-hydrogen) atoms. The van der Waals surface area contributed by atoms with Gasteiger partial charge in [-0.05, 0) is 0 Å². The fourth-order valence-electron chi connectivity index (χ4n) is 2.43. The van der Waals surface area contributed by atoms with Crippen LogP contribution in [0.25, 0.3) is 0 Å². The van der Waals surface area contributed by atoms with Crippen molar-refractivity contribution in [2.75, 3.05) is 24.4 Å². The van der Waals surface area contributed by atoms with Crippen LogP contribution in [0.3, 0.4) is 0 Å². The van der Waals surface area contributed by atoms with Gasteiger partial charge in [-0.25, -0.2) is 14.1 Å². The maximum atomic E-state index is 13.9. The second-order valence-electron chi connectivity index (χ2n) is 4.97. The van der Waals surface area contributed by atoms with Gasteiger partial charge in [-0.1, -0.05) is 0 Å². The number of hydrogen-bond acceptors (Lipinski definition) is 3. The summed E-state index contributed by atoms with van der Waals surface area (Å²) in [5.41, 5.74) is -0.0745. The molecule has 108 valence electrons. The Kier molecular flexibility index (Phi) is 3.79. The smallest absolute Gasteiger partial charge is 0.299 e. The molecule has 1 aromatic heterocycles. The number of aromatic nitrogens is 2. The number of nitrogens with zero attached hydrogens (tertiary/aromatic N) is 3. The van der Waals surface area contributed by atoms with Crippen molar-refractivity contribution in [2.24, 2.45) is 12.2 Å². The first kappa shape index (κ1) is 14.2. The SMILES string of the molecule is Cn1ncc(N(C2CC[NH+](C)CC2)S(N)(=O)=O)c1F. The van der Waals surface area contributed by atoms with Gasteiger partial charge in [0.05, 0.1) is 32.4 Å². The Balaban J connectivity index is 2.35. The molecular weight excluding hydrogens is 273 g/mol. The van der Waals surface area contributed by atoms with Gasteiger partial charge < -0.3 is 4.90 Å². The van der Waals surface area contributed by atoms with Crippen molar-refractivity contribution < 1.29 is 17.7 Å². The highest BCUT2D eigenvalue weighted by Crippen LogP contribution is 2.25. The number of rotatable bonds is 3. The molecule has 2 rings (SSSR count). The number of nitrogens with two attached hydrogens (primary N) is 1. The number of hydrogen-bond donors (Lipinski definition) is 2. The Hall–Kier alpha value is -1.19. The minimum Gasteiger partial charge on any atom is -0.337 e. The summed E-state index contributed by atoms with van der Waals surface area (Å²) in [4.78, 5) is 1.33. The van der Waals surface area contributed by atoms with Crippen molar-refractivity contribution in [2.45, 2.75) is 18.9 Å². The Morgan fingerprint density at radius 3 is 2.53 bits per heavy atom. The molecule has 0 saturated carbocycles. The number of aryl methyl sites for hydroxylation is 1. The standard InChI is InChI=1S/C10H18FN5O2S/c1-14-5-3-8(4-6-14)16(19(12,17)18)9-7-13-15(2)10(9)11/h7-8H,3-6H2,1-2H3,(H2,12,17,18)/p+1. The minimum absolute atomic E-state index is 0.0745. The molecule has 0 bridgehead atoms. The molecule has 3 N–H and O–H groups in total. The molecule has 0 spiro atoms. The summed E-state index contributed by atoms with van der Waals surface area (Å²) >= 11 is 0. The molecule has 1 saturated heterocycles. The third-order valence-electron chi connectivity index (χ3n) is 3.50. The lowest BCUT2D eigenvalue weighted by Gasteiger charge is -2.34. The minimum atomic E-state index is -4.01. The maximum Gasteiger partial charge on any atom is 0.299 e. The summed E-state index contributed by atoms with van der Waals surface area (Å²) in [6.07, 6.45) is 2.50. The quantitative estimate of drug-likeness (QED) is 0.692. The predicted octanol–water partition coefficient (Wildman–Crippen LogP) is -1.75. The van der Waals surface area contributed by atoms with Crippen molar-refractivity contribution in [3.05, 3.63) is 12.1 Å². The number of halogens is 1. The molecule has 0 atom stereocenters. The van der Waals surface area contributed by atoms with Gasteiger partial charge in [0.2, 0.25) is 5.95 Å². The molecule has 1 aliphatic rings. The van der Waals surface area contributed by atoms with E-state index in [1.165, 1.54) is 18.1 Å². The lowest BCUT2D eigenvalue weighted by Crippen LogP contribution is -3.10. The van der Waals surface area contributed by atoms with Crippen molar-refractivity contribution in [3.63, 3.8) is 0 Å². The van der Waals surface area contributed by atoms with E-state index >= 15 is 0 Å². The molecule has 0 aliphatic carbocycles. The van der Waals surface area contributed by atoms with E-state index in [0.29, 0.717) is 12.8 Å². The molecule has 2 heterocycles. The largest absolute Gasteiger partial charge is 0.337 e. The highest BCUT2D eigenvalue weighted by molar-refractivity contribution is 7.90. The van der Waals surface area contributed by atoms with Crippen LogP contribution in [0.5, 0.6) is 0 Å². The Bertz CT molecular complexity index is 550. The predicted molar refractivity (Wildman–Crippen MR) is 68.4 cm³/mol. The lowest BCUT2D eigenvalue weighted by atomic mass is 10.1. The number of piperidine rings is 1. The zero-order valence-corrected chi connectivity index (χ0v) is 11.8. The van der Waals surface area contributed by atoms with E-state index in [1.54, 1.807) is 0 Å². The van der Waals surface area contributed by atoms with Crippen LogP contribution in [-0.4, -0.2) is 44.4 Å². The van der Waals surface area contributed by atoms with E-state index < -0.39 is 16.2 Å². The fourth-order valence-corrected chi connectivity index (χ4v) is 3.45. The van der Waals surface area contributed by atoms with E-state index in [-0.39, 0.29) is 11.7 Å². The van der Waals surface area contributed by atoms with Crippen molar-refractivity contribution in [1.82, 2.24) is 9.78 Å². The molecule has 7 nitrogen and oxygen atoms in total. The molecule has 1 aromatic rings. The molecule has 0 radical (unpaired) electrons. The van der Waals surface area contributed by atoms with Gasteiger partial charge >= 0.3 is 0 Å². The first-order valence-corrected chi connectivity index (χ1v) is 7.62. The Morgan fingerprint density at radius 2 is 2.11 bits per heavy atom. The Morgan fingerprint density at radius 1 is 1.53 bits per heavy atom. The van der Waals surface area contributed by atoms with Crippen LogP contribution in [0.4, 0.5) is 10.1 Å². The van der Waals surface area contributed by atoms with Crippen LogP contribution in [0.15, 0.2) is 6.20 Å². The van der Waals surface area contributed by atoms with Gasteiger partial charge in [-0.3, -0.25) is 0 Å². The van der Waals surface area contributed by atoms with Gasteiger partial charge in [0.25, 0.3) is 10.2 Å². The average Bonchev–Trinajstić information content (AvgIpc) is 2.62. The zero-order valence-electron chi connectivity index (χ0n) is 11.0. The van der Waals surface area contributed by atoms with Crippen molar-refractivity contribution >= 4 is 15.9 Å². The van der Waals surface area contributed by atoms with E-state index in [4.69, 9.17) is 5.14 Å². The maximum absolute atomic E-state index is 13.9. The summed E-state index contributed by atoms with van der Waals surface area (Å²) in [5, 5.41) is 8.98. The van der Waals surface area contributed by atoms with Gasteiger partial charge in [0.1, 0.15) is 5.69 Å². The van der Waals surface area contributed by atoms with Crippen LogP contribution >= 0.6 is 0 Å². The average molecular weight is 292 g/mol. The van der Waals surface area contributed by atoms with Crippen LogP contribution in [0, 0.1) is 5.95 Å². The second kappa shape index (κ2) is 5.06.